The fourth-order valence-electron chi connectivity index (χ4n) is 1.61. The highest BCUT2D eigenvalue weighted by Gasteiger charge is 2.05. The molecule has 2 rings (SSSR count). The zero-order valence-electron chi connectivity index (χ0n) is 11.6. The predicted octanol–water partition coefficient (Wildman–Crippen LogP) is 3.38. The highest BCUT2D eigenvalue weighted by atomic mass is 79.9. The summed E-state index contributed by atoms with van der Waals surface area (Å²) in [5.74, 6) is -0.871. The molecule has 0 aliphatic heterocycles. The zero-order chi connectivity index (χ0) is 15.8. The van der Waals surface area contributed by atoms with Crippen LogP contribution in [-0.4, -0.2) is 18.5 Å². The summed E-state index contributed by atoms with van der Waals surface area (Å²) < 4.78 is 5.81. The first-order valence-electron chi connectivity index (χ1n) is 6.53. The van der Waals surface area contributed by atoms with Crippen LogP contribution < -0.4 is 5.32 Å². The maximum Gasteiger partial charge on any atom is 0.331 e. The minimum Gasteiger partial charge on any atom is -0.452 e. The third-order valence-corrected chi connectivity index (χ3v) is 4.02. The third-order valence-electron chi connectivity index (χ3n) is 2.65. The van der Waals surface area contributed by atoms with Gasteiger partial charge in [0, 0.05) is 15.4 Å². The molecule has 0 saturated carbocycles. The van der Waals surface area contributed by atoms with Crippen LogP contribution >= 0.6 is 27.3 Å². The van der Waals surface area contributed by atoms with E-state index in [1.165, 1.54) is 6.08 Å². The number of carbonyl (C=O) groups excluding carboxylic acids is 2. The Kier molecular flexibility index (Phi) is 6.36. The number of rotatable bonds is 6. The Morgan fingerprint density at radius 3 is 2.86 bits per heavy atom. The Morgan fingerprint density at radius 2 is 2.14 bits per heavy atom. The van der Waals surface area contributed by atoms with Crippen molar-refractivity contribution in [3.8, 4) is 0 Å². The van der Waals surface area contributed by atoms with Crippen molar-refractivity contribution in [3.63, 3.8) is 0 Å². The lowest BCUT2D eigenvalue weighted by Gasteiger charge is -2.03. The normalized spacial score (nSPS) is 10.6. The molecular formula is C16H14BrNO3S. The van der Waals surface area contributed by atoms with Gasteiger partial charge in [-0.1, -0.05) is 34.1 Å². The SMILES string of the molecule is O=C(COC(=O)/C=C/c1cccc(Br)c1)NCc1cccs1. The van der Waals surface area contributed by atoms with Gasteiger partial charge in [0.05, 0.1) is 6.54 Å². The minimum absolute atomic E-state index is 0.285. The summed E-state index contributed by atoms with van der Waals surface area (Å²) in [6.07, 6.45) is 2.94. The van der Waals surface area contributed by atoms with E-state index < -0.39 is 5.97 Å². The van der Waals surface area contributed by atoms with Crippen molar-refractivity contribution in [2.45, 2.75) is 6.54 Å². The van der Waals surface area contributed by atoms with Gasteiger partial charge in [0.2, 0.25) is 0 Å². The van der Waals surface area contributed by atoms with E-state index in [1.807, 2.05) is 41.8 Å². The number of carbonyl (C=O) groups is 2. The highest BCUT2D eigenvalue weighted by Crippen LogP contribution is 2.12. The molecule has 0 saturated heterocycles. The van der Waals surface area contributed by atoms with Crippen LogP contribution in [0.3, 0.4) is 0 Å². The number of nitrogens with one attached hydrogen (secondary N) is 1. The number of halogens is 1. The van der Waals surface area contributed by atoms with Crippen LogP contribution in [0.25, 0.3) is 6.08 Å². The zero-order valence-corrected chi connectivity index (χ0v) is 14.0. The van der Waals surface area contributed by atoms with Crippen LogP contribution in [0.1, 0.15) is 10.4 Å². The highest BCUT2D eigenvalue weighted by molar-refractivity contribution is 9.10. The van der Waals surface area contributed by atoms with E-state index >= 15 is 0 Å². The van der Waals surface area contributed by atoms with Gasteiger partial charge >= 0.3 is 5.97 Å². The van der Waals surface area contributed by atoms with Crippen molar-refractivity contribution in [1.29, 1.82) is 0 Å². The molecule has 1 N–H and O–H groups in total. The van der Waals surface area contributed by atoms with Gasteiger partial charge in [0.25, 0.3) is 5.91 Å². The van der Waals surface area contributed by atoms with Crippen molar-refractivity contribution in [1.82, 2.24) is 5.32 Å². The van der Waals surface area contributed by atoms with E-state index in [4.69, 9.17) is 4.74 Å². The Hall–Kier alpha value is -1.92. The number of hydrogen-bond donors (Lipinski definition) is 1. The van der Waals surface area contributed by atoms with Crippen LogP contribution in [0.4, 0.5) is 0 Å². The molecule has 6 heteroatoms. The molecule has 22 heavy (non-hydrogen) atoms. The van der Waals surface area contributed by atoms with Crippen molar-refractivity contribution in [3.05, 3.63) is 62.8 Å². The van der Waals surface area contributed by atoms with Crippen LogP contribution in [-0.2, 0) is 20.9 Å². The number of amides is 1. The summed E-state index contributed by atoms with van der Waals surface area (Å²) in [4.78, 5) is 24.1. The summed E-state index contributed by atoms with van der Waals surface area (Å²) >= 11 is 4.91. The van der Waals surface area contributed by atoms with Gasteiger partial charge in [0.1, 0.15) is 0 Å². The largest absolute Gasteiger partial charge is 0.452 e. The fraction of sp³-hybridized carbons (Fsp3) is 0.125. The summed E-state index contributed by atoms with van der Waals surface area (Å²) in [6, 6.07) is 11.3. The van der Waals surface area contributed by atoms with Crippen LogP contribution in [0.2, 0.25) is 0 Å². The van der Waals surface area contributed by atoms with E-state index in [2.05, 4.69) is 21.2 Å². The molecule has 0 radical (unpaired) electrons. The molecule has 0 aliphatic rings. The van der Waals surface area contributed by atoms with Gasteiger partial charge in [-0.05, 0) is 35.2 Å². The van der Waals surface area contributed by atoms with Crippen molar-refractivity contribution in [2.75, 3.05) is 6.61 Å². The number of esters is 1. The lowest BCUT2D eigenvalue weighted by atomic mass is 10.2. The Morgan fingerprint density at radius 1 is 1.27 bits per heavy atom. The monoisotopic (exact) mass is 379 g/mol. The van der Waals surface area contributed by atoms with Gasteiger partial charge in [-0.2, -0.15) is 0 Å². The molecule has 1 heterocycles. The van der Waals surface area contributed by atoms with Crippen molar-refractivity contribution in [2.24, 2.45) is 0 Å². The van der Waals surface area contributed by atoms with E-state index in [0.717, 1.165) is 14.9 Å². The number of ether oxygens (including phenoxy) is 1. The molecule has 0 atom stereocenters. The second kappa shape index (κ2) is 8.51. The van der Waals surface area contributed by atoms with Crippen LogP contribution in [0.5, 0.6) is 0 Å². The summed E-state index contributed by atoms with van der Waals surface area (Å²) in [6.45, 7) is 0.162. The molecule has 1 amide bonds. The maximum atomic E-state index is 11.5. The Labute approximate surface area is 140 Å². The fourth-order valence-corrected chi connectivity index (χ4v) is 2.67. The summed E-state index contributed by atoms with van der Waals surface area (Å²) in [5, 5.41) is 4.62. The molecule has 114 valence electrons. The lowest BCUT2D eigenvalue weighted by molar-refractivity contribution is -0.143. The maximum absolute atomic E-state index is 11.5. The summed E-state index contributed by atoms with van der Waals surface area (Å²) in [5.41, 5.74) is 0.869. The predicted molar refractivity (Wildman–Crippen MR) is 90.3 cm³/mol. The molecular weight excluding hydrogens is 366 g/mol. The number of hydrogen-bond acceptors (Lipinski definition) is 4. The van der Waals surface area contributed by atoms with Crippen molar-refractivity contribution >= 4 is 45.2 Å². The molecule has 0 unspecified atom stereocenters. The van der Waals surface area contributed by atoms with Gasteiger partial charge < -0.3 is 10.1 Å². The second-order valence-electron chi connectivity index (χ2n) is 4.35. The van der Waals surface area contributed by atoms with E-state index in [9.17, 15) is 9.59 Å². The summed E-state index contributed by atoms with van der Waals surface area (Å²) in [7, 11) is 0. The molecule has 0 fully saturated rings. The average molecular weight is 380 g/mol. The standard InChI is InChI=1S/C16H14BrNO3S/c17-13-4-1-3-12(9-13)6-7-16(20)21-11-15(19)18-10-14-5-2-8-22-14/h1-9H,10-11H2,(H,18,19)/b7-6+. The first-order chi connectivity index (χ1) is 10.6. The molecule has 1 aromatic carbocycles. The first-order valence-corrected chi connectivity index (χ1v) is 8.20. The molecule has 1 aromatic heterocycles. The smallest absolute Gasteiger partial charge is 0.331 e. The van der Waals surface area contributed by atoms with E-state index in [0.29, 0.717) is 6.54 Å². The number of thiophene rings is 1. The quantitative estimate of drug-likeness (QED) is 0.618. The molecule has 2 aromatic rings. The molecule has 4 nitrogen and oxygen atoms in total. The Bertz CT molecular complexity index is 668. The first kappa shape index (κ1) is 16.5. The van der Waals surface area contributed by atoms with Crippen molar-refractivity contribution < 1.29 is 14.3 Å². The van der Waals surface area contributed by atoms with Crippen LogP contribution in [0, 0.1) is 0 Å². The minimum atomic E-state index is -0.550. The average Bonchev–Trinajstić information content (AvgIpc) is 3.02. The topological polar surface area (TPSA) is 55.4 Å². The molecule has 0 spiro atoms. The van der Waals surface area contributed by atoms with Gasteiger partial charge in [-0.25, -0.2) is 4.79 Å². The van der Waals surface area contributed by atoms with E-state index in [1.54, 1.807) is 17.4 Å². The lowest BCUT2D eigenvalue weighted by Crippen LogP contribution is -2.27. The Balaban J connectivity index is 1.71. The number of benzene rings is 1. The molecule has 0 bridgehead atoms. The third kappa shape index (κ3) is 5.83. The van der Waals surface area contributed by atoms with Crippen LogP contribution in [0.15, 0.2) is 52.3 Å². The molecule has 0 aliphatic carbocycles. The second-order valence-corrected chi connectivity index (χ2v) is 6.30. The van der Waals surface area contributed by atoms with E-state index in [-0.39, 0.29) is 12.5 Å². The van der Waals surface area contributed by atoms with Gasteiger partial charge in [-0.15, -0.1) is 11.3 Å². The van der Waals surface area contributed by atoms with Gasteiger partial charge in [-0.3, -0.25) is 4.79 Å². The van der Waals surface area contributed by atoms with Gasteiger partial charge in [0.15, 0.2) is 6.61 Å².